The van der Waals surface area contributed by atoms with Gasteiger partial charge in [-0.2, -0.15) is 0 Å². The van der Waals surface area contributed by atoms with Crippen LogP contribution in [0.5, 0.6) is 0 Å². The number of carbonyl (C=O) groups is 3. The molecule has 0 unspecified atom stereocenters. The summed E-state index contributed by atoms with van der Waals surface area (Å²) in [6.07, 6.45) is 2.93. The third-order valence-corrected chi connectivity index (χ3v) is 4.45. The van der Waals surface area contributed by atoms with Crippen molar-refractivity contribution in [2.45, 2.75) is 0 Å². The second-order valence-electron chi connectivity index (χ2n) is 6.44. The molecule has 1 aromatic heterocycles. The summed E-state index contributed by atoms with van der Waals surface area (Å²) in [4.78, 5) is 43.6. The summed E-state index contributed by atoms with van der Waals surface area (Å²) in [6.45, 7) is 2.18. The van der Waals surface area contributed by atoms with Gasteiger partial charge in [0.1, 0.15) is 13.2 Å². The highest BCUT2D eigenvalue weighted by molar-refractivity contribution is 5.95. The highest BCUT2D eigenvalue weighted by atomic mass is 16.5. The molecule has 1 aliphatic heterocycles. The Morgan fingerprint density at radius 1 is 0.931 bits per heavy atom. The van der Waals surface area contributed by atoms with Gasteiger partial charge >= 0.3 is 0 Å². The largest absolute Gasteiger partial charge is 0.368 e. The van der Waals surface area contributed by atoms with Crippen molar-refractivity contribution >= 4 is 23.4 Å². The monoisotopic (exact) mass is 397 g/mol. The molecule has 0 saturated carbocycles. The van der Waals surface area contributed by atoms with Crippen LogP contribution < -0.4 is 15.8 Å². The Hall–Kier alpha value is -3.46. The molecule has 0 bridgehead atoms. The molecule has 1 aromatic carbocycles. The lowest BCUT2D eigenvalue weighted by Crippen LogP contribution is -2.50. The SMILES string of the molecule is O=C(COCC(=O)N1CCN(c2ccccc2)CC1)NNC(=O)c1cccnc1. The van der Waals surface area contributed by atoms with Gasteiger partial charge in [-0.1, -0.05) is 18.2 Å². The number of ether oxygens (including phenoxy) is 1. The molecule has 3 amide bonds. The van der Waals surface area contributed by atoms with Crippen LogP contribution in [-0.2, 0) is 14.3 Å². The van der Waals surface area contributed by atoms with Crippen molar-refractivity contribution in [2.75, 3.05) is 44.3 Å². The van der Waals surface area contributed by atoms with Gasteiger partial charge < -0.3 is 14.5 Å². The fraction of sp³-hybridized carbons (Fsp3) is 0.300. The lowest BCUT2D eigenvalue weighted by Gasteiger charge is -2.36. The molecule has 152 valence electrons. The van der Waals surface area contributed by atoms with Gasteiger partial charge in [-0.15, -0.1) is 0 Å². The number of hydrogen-bond donors (Lipinski definition) is 2. The van der Waals surface area contributed by atoms with Crippen LogP contribution in [0.4, 0.5) is 5.69 Å². The maximum atomic E-state index is 12.2. The van der Waals surface area contributed by atoms with Gasteiger partial charge in [-0.05, 0) is 24.3 Å². The molecule has 3 rings (SSSR count). The molecular formula is C20H23N5O4. The number of hydrogen-bond acceptors (Lipinski definition) is 6. The van der Waals surface area contributed by atoms with E-state index in [1.165, 1.54) is 6.20 Å². The summed E-state index contributed by atoms with van der Waals surface area (Å²) in [5.41, 5.74) is 5.95. The van der Waals surface area contributed by atoms with E-state index in [0.717, 1.165) is 18.8 Å². The molecule has 1 fully saturated rings. The van der Waals surface area contributed by atoms with E-state index in [1.807, 2.05) is 30.3 Å². The first kappa shape index (κ1) is 20.3. The molecular weight excluding hydrogens is 374 g/mol. The van der Waals surface area contributed by atoms with Crippen molar-refractivity contribution in [2.24, 2.45) is 0 Å². The van der Waals surface area contributed by atoms with E-state index in [2.05, 4.69) is 20.7 Å². The Morgan fingerprint density at radius 2 is 1.69 bits per heavy atom. The van der Waals surface area contributed by atoms with Gasteiger partial charge in [0.15, 0.2) is 0 Å². The minimum absolute atomic E-state index is 0.162. The number of rotatable bonds is 6. The fourth-order valence-corrected chi connectivity index (χ4v) is 2.91. The first-order valence-corrected chi connectivity index (χ1v) is 9.28. The Balaban J connectivity index is 1.32. The van der Waals surface area contributed by atoms with E-state index in [4.69, 9.17) is 4.74 Å². The van der Waals surface area contributed by atoms with Crippen LogP contribution in [0.15, 0.2) is 54.9 Å². The van der Waals surface area contributed by atoms with Gasteiger partial charge in [-0.25, -0.2) is 0 Å². The number of benzene rings is 1. The number of piperazine rings is 1. The molecule has 9 nitrogen and oxygen atoms in total. The topological polar surface area (TPSA) is 104 Å². The average Bonchev–Trinajstić information content (AvgIpc) is 2.78. The third-order valence-electron chi connectivity index (χ3n) is 4.45. The Kier molecular flexibility index (Phi) is 7.12. The summed E-state index contributed by atoms with van der Waals surface area (Å²) in [5.74, 6) is -1.20. The van der Waals surface area contributed by atoms with Gasteiger partial charge in [0, 0.05) is 44.3 Å². The van der Waals surface area contributed by atoms with E-state index >= 15 is 0 Å². The maximum absolute atomic E-state index is 12.2. The van der Waals surface area contributed by atoms with Crippen LogP contribution in [0.1, 0.15) is 10.4 Å². The van der Waals surface area contributed by atoms with E-state index in [-0.39, 0.29) is 19.1 Å². The predicted octanol–water partition coefficient (Wildman–Crippen LogP) is 0.208. The van der Waals surface area contributed by atoms with Crippen LogP contribution in [0.2, 0.25) is 0 Å². The predicted molar refractivity (Wildman–Crippen MR) is 106 cm³/mol. The number of aromatic nitrogens is 1. The van der Waals surface area contributed by atoms with E-state index < -0.39 is 11.8 Å². The fourth-order valence-electron chi connectivity index (χ4n) is 2.91. The first-order chi connectivity index (χ1) is 14.1. The maximum Gasteiger partial charge on any atom is 0.271 e. The summed E-state index contributed by atoms with van der Waals surface area (Å²) < 4.78 is 5.18. The van der Waals surface area contributed by atoms with Crippen molar-refractivity contribution in [3.05, 3.63) is 60.4 Å². The van der Waals surface area contributed by atoms with Crippen LogP contribution in [-0.4, -0.2) is 67.0 Å². The smallest absolute Gasteiger partial charge is 0.271 e. The standard InChI is InChI=1S/C20H23N5O4/c26-18(22-23-20(28)16-5-4-8-21-13-16)14-29-15-19(27)25-11-9-24(10-12-25)17-6-2-1-3-7-17/h1-8,13H,9-12,14-15H2,(H,22,26)(H,23,28). The Labute approximate surface area is 168 Å². The van der Waals surface area contributed by atoms with Crippen molar-refractivity contribution in [1.29, 1.82) is 0 Å². The molecule has 2 heterocycles. The normalized spacial score (nSPS) is 13.7. The number of carbonyl (C=O) groups excluding carboxylic acids is 3. The number of para-hydroxylation sites is 1. The van der Waals surface area contributed by atoms with Crippen molar-refractivity contribution in [3.63, 3.8) is 0 Å². The van der Waals surface area contributed by atoms with E-state index in [0.29, 0.717) is 18.7 Å². The third kappa shape index (κ3) is 6.01. The Bertz CT molecular complexity index is 823. The number of pyridine rings is 1. The van der Waals surface area contributed by atoms with Crippen molar-refractivity contribution in [1.82, 2.24) is 20.7 Å². The van der Waals surface area contributed by atoms with Crippen molar-refractivity contribution in [3.8, 4) is 0 Å². The summed E-state index contributed by atoms with van der Waals surface area (Å²) in [6, 6.07) is 13.2. The molecule has 29 heavy (non-hydrogen) atoms. The quantitative estimate of drug-likeness (QED) is 0.676. The highest BCUT2D eigenvalue weighted by Gasteiger charge is 2.21. The minimum atomic E-state index is -0.552. The van der Waals surface area contributed by atoms with Crippen LogP contribution in [0.3, 0.4) is 0 Å². The zero-order chi connectivity index (χ0) is 20.5. The molecule has 1 aliphatic rings. The highest BCUT2D eigenvalue weighted by Crippen LogP contribution is 2.15. The zero-order valence-electron chi connectivity index (χ0n) is 15.9. The number of anilines is 1. The molecule has 2 N–H and O–H groups in total. The molecule has 0 atom stereocenters. The van der Waals surface area contributed by atoms with Crippen LogP contribution in [0.25, 0.3) is 0 Å². The summed E-state index contributed by atoms with van der Waals surface area (Å²) in [5, 5.41) is 0. The van der Waals surface area contributed by atoms with Gasteiger partial charge in [0.2, 0.25) is 5.91 Å². The lowest BCUT2D eigenvalue weighted by molar-refractivity contribution is -0.138. The van der Waals surface area contributed by atoms with E-state index in [9.17, 15) is 14.4 Å². The molecule has 9 heteroatoms. The minimum Gasteiger partial charge on any atom is -0.368 e. The van der Waals surface area contributed by atoms with Crippen LogP contribution >= 0.6 is 0 Å². The van der Waals surface area contributed by atoms with Gasteiger partial charge in [0.25, 0.3) is 11.8 Å². The van der Waals surface area contributed by atoms with Crippen LogP contribution in [0, 0.1) is 0 Å². The summed E-state index contributed by atoms with van der Waals surface area (Å²) >= 11 is 0. The molecule has 0 aliphatic carbocycles. The summed E-state index contributed by atoms with van der Waals surface area (Å²) in [7, 11) is 0. The number of nitrogens with one attached hydrogen (secondary N) is 2. The first-order valence-electron chi connectivity index (χ1n) is 9.28. The number of hydrazine groups is 1. The second-order valence-corrected chi connectivity index (χ2v) is 6.44. The molecule has 2 aromatic rings. The Morgan fingerprint density at radius 3 is 2.38 bits per heavy atom. The zero-order valence-corrected chi connectivity index (χ0v) is 15.9. The van der Waals surface area contributed by atoms with E-state index in [1.54, 1.807) is 23.2 Å². The number of amides is 3. The second kappa shape index (κ2) is 10.2. The molecule has 0 radical (unpaired) electrons. The lowest BCUT2D eigenvalue weighted by atomic mass is 10.2. The molecule has 0 spiro atoms. The van der Waals surface area contributed by atoms with Gasteiger partial charge in [0.05, 0.1) is 5.56 Å². The van der Waals surface area contributed by atoms with Gasteiger partial charge in [-0.3, -0.25) is 30.2 Å². The van der Waals surface area contributed by atoms with Crippen molar-refractivity contribution < 1.29 is 19.1 Å². The average molecular weight is 397 g/mol. The molecule has 1 saturated heterocycles. The number of nitrogens with zero attached hydrogens (tertiary/aromatic N) is 3.